The molecule has 0 saturated heterocycles. The molecule has 86 valence electrons. The summed E-state index contributed by atoms with van der Waals surface area (Å²) in [4.78, 5) is 19.8. The summed E-state index contributed by atoms with van der Waals surface area (Å²) in [7, 11) is 0. The zero-order valence-electron chi connectivity index (χ0n) is 8.52. The molecule has 0 aliphatic rings. The van der Waals surface area contributed by atoms with E-state index in [1.807, 2.05) is 0 Å². The average molecular weight is 313 g/mol. The van der Waals surface area contributed by atoms with Gasteiger partial charge in [-0.2, -0.15) is 0 Å². The van der Waals surface area contributed by atoms with Gasteiger partial charge in [-0.05, 0) is 40.2 Å². The van der Waals surface area contributed by atoms with Gasteiger partial charge in [0, 0.05) is 6.20 Å². The van der Waals surface area contributed by atoms with Gasteiger partial charge in [0.25, 0.3) is 5.91 Å². The van der Waals surface area contributed by atoms with Crippen molar-refractivity contribution in [2.75, 3.05) is 5.32 Å². The summed E-state index contributed by atoms with van der Waals surface area (Å²) in [5, 5.41) is 2.96. The van der Waals surface area contributed by atoms with E-state index in [2.05, 4.69) is 31.2 Å². The number of anilines is 1. The Bertz CT molecular complexity index is 562. The van der Waals surface area contributed by atoms with Crippen LogP contribution in [-0.4, -0.2) is 15.9 Å². The minimum absolute atomic E-state index is 0.292. The lowest BCUT2D eigenvalue weighted by Gasteiger charge is -2.05. The van der Waals surface area contributed by atoms with E-state index in [1.165, 1.54) is 0 Å². The number of pyridine rings is 2. The van der Waals surface area contributed by atoms with Crippen LogP contribution in [0.1, 0.15) is 10.4 Å². The van der Waals surface area contributed by atoms with Crippen LogP contribution in [0.15, 0.2) is 41.1 Å². The molecule has 2 rings (SSSR count). The van der Waals surface area contributed by atoms with E-state index in [9.17, 15) is 4.79 Å². The van der Waals surface area contributed by atoms with Gasteiger partial charge in [-0.25, -0.2) is 9.97 Å². The maximum Gasteiger partial charge on any atom is 0.259 e. The van der Waals surface area contributed by atoms with E-state index < -0.39 is 0 Å². The summed E-state index contributed by atoms with van der Waals surface area (Å²) in [5.41, 5.74) is 0.439. The second-order valence-corrected chi connectivity index (χ2v) is 4.28. The summed E-state index contributed by atoms with van der Waals surface area (Å²) >= 11 is 8.93. The second-order valence-electron chi connectivity index (χ2n) is 3.14. The fourth-order valence-corrected chi connectivity index (χ4v) is 1.81. The maximum atomic E-state index is 11.9. The molecule has 0 atom stereocenters. The van der Waals surface area contributed by atoms with Crippen LogP contribution >= 0.6 is 27.5 Å². The molecule has 0 aliphatic carbocycles. The Balaban J connectivity index is 2.20. The third-order valence-electron chi connectivity index (χ3n) is 1.96. The number of carbonyl (C=O) groups is 1. The van der Waals surface area contributed by atoms with Gasteiger partial charge in [0.2, 0.25) is 0 Å². The van der Waals surface area contributed by atoms with E-state index in [1.54, 1.807) is 36.5 Å². The molecule has 0 bridgehead atoms. The van der Waals surface area contributed by atoms with Crippen LogP contribution in [0.3, 0.4) is 0 Å². The Morgan fingerprint density at radius 2 is 2.12 bits per heavy atom. The lowest BCUT2D eigenvalue weighted by molar-refractivity contribution is 0.102. The number of hydrogen-bond acceptors (Lipinski definition) is 3. The quantitative estimate of drug-likeness (QED) is 0.867. The first-order chi connectivity index (χ1) is 8.16. The van der Waals surface area contributed by atoms with Crippen molar-refractivity contribution in [2.24, 2.45) is 0 Å². The molecular formula is C11H7BrClN3O. The van der Waals surface area contributed by atoms with Crippen molar-refractivity contribution in [2.45, 2.75) is 0 Å². The van der Waals surface area contributed by atoms with Crippen molar-refractivity contribution in [1.82, 2.24) is 9.97 Å². The van der Waals surface area contributed by atoms with Crippen molar-refractivity contribution in [3.63, 3.8) is 0 Å². The topological polar surface area (TPSA) is 54.9 Å². The minimum atomic E-state index is -0.292. The number of rotatable bonds is 2. The number of nitrogens with zero attached hydrogens (tertiary/aromatic N) is 2. The molecule has 0 aromatic carbocycles. The van der Waals surface area contributed by atoms with Gasteiger partial charge in [-0.15, -0.1) is 0 Å². The smallest absolute Gasteiger partial charge is 0.259 e. The molecule has 0 saturated carbocycles. The number of carbonyl (C=O) groups excluding carboxylic acids is 1. The van der Waals surface area contributed by atoms with Crippen molar-refractivity contribution >= 4 is 39.3 Å². The van der Waals surface area contributed by atoms with Gasteiger partial charge in [0.05, 0.1) is 5.56 Å². The average Bonchev–Trinajstić information content (AvgIpc) is 2.29. The third kappa shape index (κ3) is 3.01. The van der Waals surface area contributed by atoms with Crippen LogP contribution in [0.2, 0.25) is 5.15 Å². The molecule has 0 spiro atoms. The van der Waals surface area contributed by atoms with Crippen LogP contribution in [0.5, 0.6) is 0 Å². The van der Waals surface area contributed by atoms with Gasteiger partial charge in [-0.3, -0.25) is 4.79 Å². The SMILES string of the molecule is O=C(Nc1cccc(Cl)n1)c1cccnc1Br. The molecule has 1 amide bonds. The molecule has 2 heterocycles. The van der Waals surface area contributed by atoms with Crippen LogP contribution in [0, 0.1) is 0 Å². The molecule has 0 unspecified atom stereocenters. The largest absolute Gasteiger partial charge is 0.306 e. The number of hydrogen-bond donors (Lipinski definition) is 1. The molecule has 1 N–H and O–H groups in total. The minimum Gasteiger partial charge on any atom is -0.306 e. The van der Waals surface area contributed by atoms with Gasteiger partial charge < -0.3 is 5.32 Å². The Labute approximate surface area is 111 Å². The Hall–Kier alpha value is -1.46. The van der Waals surface area contributed by atoms with Crippen molar-refractivity contribution < 1.29 is 4.79 Å². The predicted octanol–water partition coefficient (Wildman–Crippen LogP) is 3.14. The summed E-state index contributed by atoms with van der Waals surface area (Å²) in [6, 6.07) is 8.36. The number of amides is 1. The summed E-state index contributed by atoms with van der Waals surface area (Å²) in [6.45, 7) is 0. The summed E-state index contributed by atoms with van der Waals surface area (Å²) in [5.74, 6) is 0.109. The van der Waals surface area contributed by atoms with E-state index in [0.717, 1.165) is 0 Å². The lowest BCUT2D eigenvalue weighted by Crippen LogP contribution is -2.13. The van der Waals surface area contributed by atoms with Crippen LogP contribution in [-0.2, 0) is 0 Å². The number of halogens is 2. The highest BCUT2D eigenvalue weighted by Gasteiger charge is 2.10. The van der Waals surface area contributed by atoms with E-state index in [-0.39, 0.29) is 5.91 Å². The van der Waals surface area contributed by atoms with E-state index in [4.69, 9.17) is 11.6 Å². The van der Waals surface area contributed by atoms with Crippen LogP contribution in [0.4, 0.5) is 5.82 Å². The molecule has 0 radical (unpaired) electrons. The number of aromatic nitrogens is 2. The fourth-order valence-electron chi connectivity index (χ4n) is 1.22. The molecule has 6 heteroatoms. The Morgan fingerprint density at radius 1 is 1.29 bits per heavy atom. The van der Waals surface area contributed by atoms with Crippen molar-refractivity contribution in [3.05, 3.63) is 51.8 Å². The molecule has 4 nitrogen and oxygen atoms in total. The molecule has 17 heavy (non-hydrogen) atoms. The maximum absolute atomic E-state index is 11.9. The monoisotopic (exact) mass is 311 g/mol. The lowest BCUT2D eigenvalue weighted by atomic mass is 10.2. The summed E-state index contributed by atoms with van der Waals surface area (Å²) in [6.07, 6.45) is 1.60. The third-order valence-corrected chi connectivity index (χ3v) is 2.80. The van der Waals surface area contributed by atoms with Crippen LogP contribution < -0.4 is 5.32 Å². The van der Waals surface area contributed by atoms with Gasteiger partial charge in [0.15, 0.2) is 0 Å². The van der Waals surface area contributed by atoms with Gasteiger partial charge >= 0.3 is 0 Å². The predicted molar refractivity (Wildman–Crippen MR) is 69.1 cm³/mol. The second kappa shape index (κ2) is 5.25. The van der Waals surface area contributed by atoms with Crippen molar-refractivity contribution in [1.29, 1.82) is 0 Å². The first-order valence-electron chi connectivity index (χ1n) is 4.71. The Morgan fingerprint density at radius 3 is 2.82 bits per heavy atom. The normalized spacial score (nSPS) is 10.0. The summed E-state index contributed by atoms with van der Waals surface area (Å²) < 4.78 is 0.486. The van der Waals surface area contributed by atoms with Crippen LogP contribution in [0.25, 0.3) is 0 Å². The molecular weight excluding hydrogens is 305 g/mol. The molecule has 2 aromatic heterocycles. The first kappa shape index (κ1) is 12.0. The molecule has 2 aromatic rings. The zero-order valence-corrected chi connectivity index (χ0v) is 10.9. The Kier molecular flexibility index (Phi) is 3.71. The first-order valence-corrected chi connectivity index (χ1v) is 5.88. The highest BCUT2D eigenvalue weighted by molar-refractivity contribution is 9.10. The zero-order chi connectivity index (χ0) is 12.3. The van der Waals surface area contributed by atoms with Gasteiger partial charge in [0.1, 0.15) is 15.6 Å². The van der Waals surface area contributed by atoms with E-state index >= 15 is 0 Å². The highest BCUT2D eigenvalue weighted by atomic mass is 79.9. The molecule has 0 fully saturated rings. The standard InChI is InChI=1S/C11H7BrClN3O/c12-10-7(3-2-6-14-10)11(17)16-9-5-1-4-8(13)15-9/h1-6H,(H,15,16,17). The molecule has 0 aliphatic heterocycles. The van der Waals surface area contributed by atoms with Crippen molar-refractivity contribution in [3.8, 4) is 0 Å². The highest BCUT2D eigenvalue weighted by Crippen LogP contribution is 2.15. The van der Waals surface area contributed by atoms with Gasteiger partial charge in [-0.1, -0.05) is 17.7 Å². The van der Waals surface area contributed by atoms with E-state index in [0.29, 0.717) is 21.1 Å². The number of nitrogens with one attached hydrogen (secondary N) is 1. The fraction of sp³-hybridized carbons (Fsp3) is 0.